The van der Waals surface area contributed by atoms with Crippen molar-refractivity contribution < 1.29 is 19.5 Å². The molecule has 1 aliphatic rings. The third-order valence-corrected chi connectivity index (χ3v) is 4.51. The summed E-state index contributed by atoms with van der Waals surface area (Å²) in [6, 6.07) is 4.93. The second-order valence-electron chi connectivity index (χ2n) is 6.40. The van der Waals surface area contributed by atoms with Gasteiger partial charge in [-0.3, -0.25) is 14.4 Å². The summed E-state index contributed by atoms with van der Waals surface area (Å²) in [5, 5.41) is 10.5. The van der Waals surface area contributed by atoms with Crippen molar-refractivity contribution in [2.75, 3.05) is 0 Å². The van der Waals surface area contributed by atoms with Gasteiger partial charge in [0.25, 0.3) is 0 Å². The molecule has 0 spiro atoms. The average Bonchev–Trinajstić information content (AvgIpc) is 2.82. The molecule has 1 aliphatic carbocycles. The molecule has 2 rings (SSSR count). The topological polar surface area (TPSA) is 71.4 Å². The molecule has 1 unspecified atom stereocenters. The summed E-state index contributed by atoms with van der Waals surface area (Å²) in [4.78, 5) is 36.2. The minimum absolute atomic E-state index is 0.113. The summed E-state index contributed by atoms with van der Waals surface area (Å²) in [5.74, 6) is -1.44. The summed E-state index contributed by atoms with van der Waals surface area (Å²) in [5.41, 5.74) is 1.83. The van der Waals surface area contributed by atoms with Crippen molar-refractivity contribution in [1.82, 2.24) is 0 Å². The van der Waals surface area contributed by atoms with Crippen LogP contribution in [0.4, 0.5) is 0 Å². The number of fused-ring (bicyclic) bond motifs is 1. The second-order valence-corrected chi connectivity index (χ2v) is 6.40. The molecule has 24 heavy (non-hydrogen) atoms. The molecule has 0 aromatic heterocycles. The van der Waals surface area contributed by atoms with E-state index in [-0.39, 0.29) is 28.7 Å². The number of hydrogen-bond donors (Lipinski definition) is 1. The Labute approximate surface area is 142 Å². The van der Waals surface area contributed by atoms with Gasteiger partial charge in [-0.1, -0.05) is 38.3 Å². The van der Waals surface area contributed by atoms with Crippen LogP contribution < -0.4 is 0 Å². The molecule has 1 aromatic rings. The molecule has 0 saturated heterocycles. The van der Waals surface area contributed by atoms with E-state index in [4.69, 9.17) is 0 Å². The van der Waals surface area contributed by atoms with Crippen LogP contribution in [-0.4, -0.2) is 22.5 Å². The Hall–Kier alpha value is -2.23. The van der Waals surface area contributed by atoms with E-state index in [1.165, 1.54) is 13.8 Å². The van der Waals surface area contributed by atoms with Crippen molar-refractivity contribution in [1.29, 1.82) is 0 Å². The zero-order valence-electron chi connectivity index (χ0n) is 14.5. The quantitative estimate of drug-likeness (QED) is 0.567. The molecular weight excluding hydrogens is 304 g/mol. The highest BCUT2D eigenvalue weighted by atomic mass is 16.3. The molecule has 1 atom stereocenters. The van der Waals surface area contributed by atoms with Crippen LogP contribution in [0.5, 0.6) is 0 Å². The van der Waals surface area contributed by atoms with E-state index in [0.29, 0.717) is 23.1 Å². The molecule has 0 amide bonds. The van der Waals surface area contributed by atoms with Crippen LogP contribution in [-0.2, 0) is 9.59 Å². The minimum atomic E-state index is -0.796. The van der Waals surface area contributed by atoms with Gasteiger partial charge in [0, 0.05) is 12.0 Å². The van der Waals surface area contributed by atoms with Crippen LogP contribution >= 0.6 is 0 Å². The first-order valence-corrected chi connectivity index (χ1v) is 8.50. The van der Waals surface area contributed by atoms with Gasteiger partial charge in [0.15, 0.2) is 11.6 Å². The van der Waals surface area contributed by atoms with Gasteiger partial charge in [-0.25, -0.2) is 0 Å². The van der Waals surface area contributed by atoms with Crippen LogP contribution in [0.2, 0.25) is 0 Å². The van der Waals surface area contributed by atoms with Gasteiger partial charge >= 0.3 is 0 Å². The van der Waals surface area contributed by atoms with Crippen molar-refractivity contribution in [2.24, 2.45) is 0 Å². The van der Waals surface area contributed by atoms with Crippen LogP contribution in [0.15, 0.2) is 24.0 Å². The standard InChI is InChI=1S/C20H24O4/c1-4-5-6-7-8-17(23)19-16-11-14(12(2)21)9-10-15(16)18(13(3)22)20(19)24/h9-11,18,24H,4-8H2,1-3H3. The fourth-order valence-electron chi connectivity index (χ4n) is 3.22. The SMILES string of the molecule is CCCCCCC(=O)C1=C(O)C(C(C)=O)c2ccc(C(C)=O)cc21. The number of rotatable bonds is 8. The van der Waals surface area contributed by atoms with E-state index in [1.807, 2.05) is 0 Å². The summed E-state index contributed by atoms with van der Waals surface area (Å²) in [6.07, 6.45) is 4.22. The highest BCUT2D eigenvalue weighted by molar-refractivity contribution is 6.24. The maximum atomic E-state index is 12.6. The van der Waals surface area contributed by atoms with E-state index < -0.39 is 5.92 Å². The number of ketones is 3. The molecule has 128 valence electrons. The first kappa shape index (κ1) is 18.1. The van der Waals surface area contributed by atoms with Crippen LogP contribution in [0.25, 0.3) is 5.57 Å². The molecule has 0 saturated carbocycles. The average molecular weight is 328 g/mol. The normalized spacial score (nSPS) is 16.2. The van der Waals surface area contributed by atoms with E-state index in [9.17, 15) is 19.5 Å². The predicted molar refractivity (Wildman–Crippen MR) is 93.2 cm³/mol. The Kier molecular flexibility index (Phi) is 5.71. The zero-order chi connectivity index (χ0) is 17.9. The number of Topliss-reactive ketones (excluding diaryl/α,β-unsaturated/α-hetero) is 3. The Morgan fingerprint density at radius 1 is 1.08 bits per heavy atom. The lowest BCUT2D eigenvalue weighted by molar-refractivity contribution is -0.118. The lowest BCUT2D eigenvalue weighted by atomic mass is 9.93. The molecule has 4 nitrogen and oxygen atoms in total. The first-order valence-electron chi connectivity index (χ1n) is 8.50. The second kappa shape index (κ2) is 7.56. The highest BCUT2D eigenvalue weighted by Gasteiger charge is 2.37. The Bertz CT molecular complexity index is 712. The van der Waals surface area contributed by atoms with E-state index in [1.54, 1.807) is 18.2 Å². The molecule has 1 N–H and O–H groups in total. The largest absolute Gasteiger partial charge is 0.510 e. The van der Waals surface area contributed by atoms with Crippen LogP contribution in [0, 0.1) is 0 Å². The molecule has 0 bridgehead atoms. The number of carbonyl (C=O) groups is 3. The van der Waals surface area contributed by atoms with Crippen molar-refractivity contribution in [3.8, 4) is 0 Å². The van der Waals surface area contributed by atoms with Gasteiger partial charge in [0.1, 0.15) is 17.5 Å². The van der Waals surface area contributed by atoms with Gasteiger partial charge < -0.3 is 5.11 Å². The molecule has 4 heteroatoms. The van der Waals surface area contributed by atoms with Gasteiger partial charge in [0.2, 0.25) is 0 Å². The fourth-order valence-corrected chi connectivity index (χ4v) is 3.22. The molecular formula is C20H24O4. The summed E-state index contributed by atoms with van der Waals surface area (Å²) >= 11 is 0. The van der Waals surface area contributed by atoms with E-state index >= 15 is 0 Å². The van der Waals surface area contributed by atoms with E-state index in [2.05, 4.69) is 6.92 Å². The van der Waals surface area contributed by atoms with Gasteiger partial charge in [0.05, 0.1) is 5.57 Å². The summed E-state index contributed by atoms with van der Waals surface area (Å²) < 4.78 is 0. The minimum Gasteiger partial charge on any atom is -0.510 e. The predicted octanol–water partition coefficient (Wildman–Crippen LogP) is 4.38. The lowest BCUT2D eigenvalue weighted by Gasteiger charge is -2.09. The van der Waals surface area contributed by atoms with Crippen molar-refractivity contribution in [3.63, 3.8) is 0 Å². The molecule has 0 radical (unpaired) electrons. The summed E-state index contributed by atoms with van der Waals surface area (Å²) in [6.45, 7) is 4.96. The van der Waals surface area contributed by atoms with E-state index in [0.717, 1.165) is 25.7 Å². The maximum absolute atomic E-state index is 12.6. The Morgan fingerprint density at radius 2 is 1.79 bits per heavy atom. The van der Waals surface area contributed by atoms with Gasteiger partial charge in [-0.2, -0.15) is 0 Å². The molecule has 0 heterocycles. The number of benzene rings is 1. The molecule has 0 fully saturated rings. The Balaban J connectivity index is 2.39. The third-order valence-electron chi connectivity index (χ3n) is 4.51. The van der Waals surface area contributed by atoms with Gasteiger partial charge in [-0.15, -0.1) is 0 Å². The van der Waals surface area contributed by atoms with Gasteiger partial charge in [-0.05, 0) is 37.5 Å². The molecule has 1 aromatic carbocycles. The van der Waals surface area contributed by atoms with Crippen molar-refractivity contribution >= 4 is 22.9 Å². The van der Waals surface area contributed by atoms with Crippen LogP contribution in [0.1, 0.15) is 80.3 Å². The monoisotopic (exact) mass is 328 g/mol. The third kappa shape index (κ3) is 3.48. The number of unbranched alkanes of at least 4 members (excludes halogenated alkanes) is 3. The highest BCUT2D eigenvalue weighted by Crippen LogP contribution is 2.42. The number of hydrogen-bond acceptors (Lipinski definition) is 4. The summed E-state index contributed by atoms with van der Waals surface area (Å²) in [7, 11) is 0. The number of allylic oxidation sites excluding steroid dienone is 2. The smallest absolute Gasteiger partial charge is 0.166 e. The van der Waals surface area contributed by atoms with Crippen molar-refractivity contribution in [2.45, 2.75) is 58.8 Å². The fraction of sp³-hybridized carbons (Fsp3) is 0.450. The van der Waals surface area contributed by atoms with Crippen molar-refractivity contribution in [3.05, 3.63) is 40.6 Å². The lowest BCUT2D eigenvalue weighted by Crippen LogP contribution is -2.09. The number of aliphatic hydroxyl groups is 1. The maximum Gasteiger partial charge on any atom is 0.166 e. The zero-order valence-corrected chi connectivity index (χ0v) is 14.5. The number of aliphatic hydroxyl groups excluding tert-OH is 1. The van der Waals surface area contributed by atoms with Crippen LogP contribution in [0.3, 0.4) is 0 Å². The number of carbonyl (C=O) groups excluding carboxylic acids is 3. The first-order chi connectivity index (χ1) is 11.4. The molecule has 0 aliphatic heterocycles. The Morgan fingerprint density at radius 3 is 2.38 bits per heavy atom.